The Morgan fingerprint density at radius 3 is 2.23 bits per heavy atom. The number of hydrogen-bond acceptors (Lipinski definition) is 6. The molecule has 0 saturated carbocycles. The van der Waals surface area contributed by atoms with Crippen LogP contribution < -0.4 is 14.8 Å². The van der Waals surface area contributed by atoms with Crippen molar-refractivity contribution in [1.82, 2.24) is 4.98 Å². The molecule has 0 spiro atoms. The molecule has 2 aromatic rings. The summed E-state index contributed by atoms with van der Waals surface area (Å²) in [5.74, 6) is -2.85. The Morgan fingerprint density at radius 1 is 1.08 bits per heavy atom. The summed E-state index contributed by atoms with van der Waals surface area (Å²) in [6, 6.07) is 2.38. The third-order valence-corrected chi connectivity index (χ3v) is 3.35. The molecule has 0 unspecified atom stereocenters. The number of nitrogens with one attached hydrogen (secondary N) is 1. The minimum absolute atomic E-state index is 0.0150. The van der Waals surface area contributed by atoms with Crippen LogP contribution >= 0.6 is 0 Å². The third kappa shape index (κ3) is 3.66. The Morgan fingerprint density at radius 2 is 1.73 bits per heavy atom. The van der Waals surface area contributed by atoms with Crippen molar-refractivity contribution in [2.24, 2.45) is 0 Å². The van der Waals surface area contributed by atoms with Crippen LogP contribution in [0.5, 0.6) is 11.5 Å². The molecule has 1 amide bonds. The first-order valence-corrected chi connectivity index (χ1v) is 7.81. The molecule has 0 fully saturated rings. The van der Waals surface area contributed by atoms with E-state index in [0.717, 1.165) is 6.07 Å². The number of nitrogens with zero attached hydrogens (tertiary/aromatic N) is 1. The molecule has 9 heteroatoms. The van der Waals surface area contributed by atoms with Crippen LogP contribution in [0.4, 0.5) is 5.69 Å². The fourth-order valence-corrected chi connectivity index (χ4v) is 2.48. The van der Waals surface area contributed by atoms with E-state index in [1.54, 1.807) is 13.8 Å². The molecule has 0 atom stereocenters. The molecule has 138 valence electrons. The van der Waals surface area contributed by atoms with E-state index in [4.69, 9.17) is 9.47 Å². The number of carboxylic acids is 2. The van der Waals surface area contributed by atoms with Gasteiger partial charge in [-0.3, -0.25) is 4.79 Å². The molecule has 0 aliphatic rings. The molecule has 3 N–H and O–H groups in total. The molecule has 0 bridgehead atoms. The van der Waals surface area contributed by atoms with Crippen molar-refractivity contribution in [3.63, 3.8) is 0 Å². The number of aromatic carboxylic acids is 2. The molecular formula is C17H18N2O7. The quantitative estimate of drug-likeness (QED) is 0.683. The Kier molecular flexibility index (Phi) is 5.61. The Hall–Kier alpha value is -3.36. The SMILES string of the molecule is CCOc1cc(NC(C)=O)c2c(C(=O)O)cc(C(=O)O)nc2c1OCC. The van der Waals surface area contributed by atoms with Gasteiger partial charge in [-0.2, -0.15) is 0 Å². The Labute approximate surface area is 148 Å². The maximum atomic E-state index is 11.7. The van der Waals surface area contributed by atoms with Gasteiger partial charge in [0.05, 0.1) is 24.5 Å². The van der Waals surface area contributed by atoms with Crippen molar-refractivity contribution in [2.75, 3.05) is 18.5 Å². The van der Waals surface area contributed by atoms with Crippen molar-refractivity contribution in [1.29, 1.82) is 0 Å². The third-order valence-electron chi connectivity index (χ3n) is 3.35. The average Bonchev–Trinajstić information content (AvgIpc) is 2.56. The average molecular weight is 362 g/mol. The van der Waals surface area contributed by atoms with Crippen LogP contribution in [0.2, 0.25) is 0 Å². The van der Waals surface area contributed by atoms with Gasteiger partial charge in [-0.05, 0) is 19.9 Å². The second kappa shape index (κ2) is 7.68. The van der Waals surface area contributed by atoms with Crippen LogP contribution in [-0.4, -0.2) is 46.3 Å². The van der Waals surface area contributed by atoms with Gasteiger partial charge in [0, 0.05) is 18.4 Å². The molecule has 0 radical (unpaired) electrons. The first kappa shape index (κ1) is 19.0. The van der Waals surface area contributed by atoms with Crippen molar-refractivity contribution < 1.29 is 34.1 Å². The zero-order valence-electron chi connectivity index (χ0n) is 14.5. The topological polar surface area (TPSA) is 135 Å². The predicted octanol–water partition coefficient (Wildman–Crippen LogP) is 2.39. The van der Waals surface area contributed by atoms with Crippen LogP contribution in [0.15, 0.2) is 12.1 Å². The maximum absolute atomic E-state index is 11.7. The summed E-state index contributed by atoms with van der Waals surface area (Å²) in [7, 11) is 0. The molecule has 1 aromatic carbocycles. The van der Waals surface area contributed by atoms with Crippen LogP contribution in [-0.2, 0) is 4.79 Å². The molecule has 1 aromatic heterocycles. The lowest BCUT2D eigenvalue weighted by Gasteiger charge is -2.18. The standard InChI is InChI=1S/C17H18N2O7/c1-4-25-12-7-10(18-8(3)20)13-9(16(21)22)6-11(17(23)24)19-14(13)15(12)26-5-2/h6-7H,4-5H2,1-3H3,(H,18,20)(H,21,22)(H,23,24). The van der Waals surface area contributed by atoms with E-state index in [9.17, 15) is 24.6 Å². The van der Waals surface area contributed by atoms with E-state index >= 15 is 0 Å². The molecule has 1 heterocycles. The summed E-state index contributed by atoms with van der Waals surface area (Å²) >= 11 is 0. The highest BCUT2D eigenvalue weighted by Gasteiger charge is 2.24. The van der Waals surface area contributed by atoms with Gasteiger partial charge in [-0.15, -0.1) is 0 Å². The minimum atomic E-state index is -1.39. The highest BCUT2D eigenvalue weighted by molar-refractivity contribution is 6.14. The lowest BCUT2D eigenvalue weighted by Crippen LogP contribution is -2.12. The molecule has 0 saturated heterocycles. The van der Waals surface area contributed by atoms with E-state index in [-0.39, 0.29) is 46.9 Å². The number of benzene rings is 1. The summed E-state index contributed by atoms with van der Waals surface area (Å²) < 4.78 is 11.1. The number of ether oxygens (including phenoxy) is 2. The maximum Gasteiger partial charge on any atom is 0.354 e. The number of anilines is 1. The monoisotopic (exact) mass is 362 g/mol. The first-order valence-electron chi connectivity index (χ1n) is 7.81. The number of carbonyl (C=O) groups is 3. The second-order valence-electron chi connectivity index (χ2n) is 5.19. The minimum Gasteiger partial charge on any atom is -0.490 e. The number of hydrogen-bond donors (Lipinski definition) is 3. The van der Waals surface area contributed by atoms with E-state index < -0.39 is 23.5 Å². The smallest absolute Gasteiger partial charge is 0.354 e. The van der Waals surface area contributed by atoms with Gasteiger partial charge in [0.15, 0.2) is 11.5 Å². The van der Waals surface area contributed by atoms with Gasteiger partial charge in [0.2, 0.25) is 5.91 Å². The molecule has 2 rings (SSSR count). The van der Waals surface area contributed by atoms with Crippen molar-refractivity contribution in [3.05, 3.63) is 23.4 Å². The highest BCUT2D eigenvalue weighted by Crippen LogP contribution is 2.41. The van der Waals surface area contributed by atoms with Crippen molar-refractivity contribution in [2.45, 2.75) is 20.8 Å². The van der Waals surface area contributed by atoms with Gasteiger partial charge < -0.3 is 25.0 Å². The fraction of sp³-hybridized carbons (Fsp3) is 0.294. The number of carboxylic acid groups (broad SMARTS) is 2. The molecule has 26 heavy (non-hydrogen) atoms. The summed E-state index contributed by atoms with van der Waals surface area (Å²) in [5.41, 5.74) is -0.654. The van der Waals surface area contributed by atoms with Gasteiger partial charge in [0.1, 0.15) is 11.2 Å². The van der Waals surface area contributed by atoms with Gasteiger partial charge in [0.25, 0.3) is 0 Å². The van der Waals surface area contributed by atoms with Gasteiger partial charge in [-0.25, -0.2) is 14.6 Å². The van der Waals surface area contributed by atoms with Crippen molar-refractivity contribution in [3.8, 4) is 11.5 Å². The normalized spacial score (nSPS) is 10.4. The summed E-state index contributed by atoms with van der Waals surface area (Å²) in [4.78, 5) is 38.6. The van der Waals surface area contributed by atoms with Crippen LogP contribution in [0.3, 0.4) is 0 Å². The number of rotatable bonds is 7. The van der Waals surface area contributed by atoms with Crippen LogP contribution in [0.25, 0.3) is 10.9 Å². The summed E-state index contributed by atoms with van der Waals surface area (Å²) in [6.07, 6.45) is 0. The largest absolute Gasteiger partial charge is 0.490 e. The van der Waals surface area contributed by atoms with Gasteiger partial charge in [-0.1, -0.05) is 0 Å². The summed E-state index contributed by atoms with van der Waals surface area (Å²) in [5, 5.41) is 21.4. The molecular weight excluding hydrogens is 344 g/mol. The van der Waals surface area contributed by atoms with E-state index in [1.807, 2.05) is 0 Å². The zero-order valence-corrected chi connectivity index (χ0v) is 14.5. The Balaban J connectivity index is 3.01. The fourth-order valence-electron chi connectivity index (χ4n) is 2.48. The number of aromatic nitrogens is 1. The Bertz CT molecular complexity index is 893. The first-order chi connectivity index (χ1) is 12.3. The predicted molar refractivity (Wildman–Crippen MR) is 92.3 cm³/mol. The molecule has 0 aliphatic heterocycles. The highest BCUT2D eigenvalue weighted by atomic mass is 16.5. The lowest BCUT2D eigenvalue weighted by atomic mass is 10.0. The van der Waals surface area contributed by atoms with Crippen LogP contribution in [0, 0.1) is 0 Å². The van der Waals surface area contributed by atoms with E-state index in [1.165, 1.54) is 13.0 Å². The van der Waals surface area contributed by atoms with Crippen LogP contribution in [0.1, 0.15) is 41.6 Å². The number of amides is 1. The van der Waals surface area contributed by atoms with E-state index in [0.29, 0.717) is 0 Å². The number of carbonyl (C=O) groups excluding carboxylic acids is 1. The van der Waals surface area contributed by atoms with Gasteiger partial charge >= 0.3 is 11.9 Å². The number of fused-ring (bicyclic) bond motifs is 1. The lowest BCUT2D eigenvalue weighted by molar-refractivity contribution is -0.114. The van der Waals surface area contributed by atoms with Crippen molar-refractivity contribution >= 4 is 34.4 Å². The molecule has 9 nitrogen and oxygen atoms in total. The molecule has 0 aliphatic carbocycles. The summed E-state index contributed by atoms with van der Waals surface area (Å²) in [6.45, 7) is 5.21. The zero-order chi connectivity index (χ0) is 19.4. The second-order valence-corrected chi connectivity index (χ2v) is 5.19. The van der Waals surface area contributed by atoms with E-state index in [2.05, 4.69) is 10.3 Å². The number of pyridine rings is 1.